The van der Waals surface area contributed by atoms with Gasteiger partial charge in [0.15, 0.2) is 0 Å². The normalized spacial score (nSPS) is 16.4. The zero-order valence-corrected chi connectivity index (χ0v) is 7.84. The van der Waals surface area contributed by atoms with Crippen LogP contribution in [0.1, 0.15) is 27.2 Å². The van der Waals surface area contributed by atoms with Crippen LogP contribution in [-0.4, -0.2) is 24.9 Å². The van der Waals surface area contributed by atoms with Crippen molar-refractivity contribution in [2.45, 2.75) is 27.2 Å². The van der Waals surface area contributed by atoms with Crippen molar-refractivity contribution < 1.29 is 9.84 Å². The maximum Gasteiger partial charge on any atom is 0.0513 e. The van der Waals surface area contributed by atoms with Crippen LogP contribution in [0.3, 0.4) is 0 Å². The lowest BCUT2D eigenvalue weighted by molar-refractivity contribution is 0.0601. The first kappa shape index (κ1) is 10.9. The van der Waals surface area contributed by atoms with E-state index in [9.17, 15) is 0 Å². The summed E-state index contributed by atoms with van der Waals surface area (Å²) < 4.78 is 5.38. The fraction of sp³-hybridized carbons (Fsp3) is 1.00. The summed E-state index contributed by atoms with van der Waals surface area (Å²) in [6.07, 6.45) is 1.16. The van der Waals surface area contributed by atoms with Crippen LogP contribution >= 0.6 is 0 Å². The van der Waals surface area contributed by atoms with Crippen LogP contribution in [-0.2, 0) is 4.74 Å². The quantitative estimate of drug-likeness (QED) is 0.640. The van der Waals surface area contributed by atoms with Gasteiger partial charge < -0.3 is 9.84 Å². The summed E-state index contributed by atoms with van der Waals surface area (Å²) in [5.74, 6) is 0.917. The van der Waals surface area contributed by atoms with Gasteiger partial charge in [0, 0.05) is 19.1 Å². The van der Waals surface area contributed by atoms with E-state index in [1.54, 1.807) is 0 Å². The number of hydrogen-bond donors (Lipinski definition) is 1. The van der Waals surface area contributed by atoms with E-state index in [2.05, 4.69) is 13.8 Å². The summed E-state index contributed by atoms with van der Waals surface area (Å²) in [5.41, 5.74) is 0. The Labute approximate surface area is 69.6 Å². The topological polar surface area (TPSA) is 29.5 Å². The predicted octanol–water partition coefficient (Wildman–Crippen LogP) is 1.68. The van der Waals surface area contributed by atoms with Crippen LogP contribution in [0.4, 0.5) is 0 Å². The van der Waals surface area contributed by atoms with E-state index >= 15 is 0 Å². The Morgan fingerprint density at radius 3 is 2.18 bits per heavy atom. The first-order valence-electron chi connectivity index (χ1n) is 4.39. The Kier molecular flexibility index (Phi) is 6.57. The molecule has 0 rings (SSSR count). The first-order valence-corrected chi connectivity index (χ1v) is 4.39. The van der Waals surface area contributed by atoms with Gasteiger partial charge in [0.05, 0.1) is 6.61 Å². The molecule has 0 aliphatic heterocycles. The molecular formula is C9H20O2. The average Bonchev–Trinajstić information content (AvgIpc) is 2.04. The second kappa shape index (κ2) is 6.62. The van der Waals surface area contributed by atoms with Gasteiger partial charge in [-0.3, -0.25) is 0 Å². The highest BCUT2D eigenvalue weighted by molar-refractivity contribution is 4.49. The minimum atomic E-state index is 0.223. The highest BCUT2D eigenvalue weighted by atomic mass is 16.5. The van der Waals surface area contributed by atoms with Crippen LogP contribution in [0.5, 0.6) is 0 Å². The SMILES string of the molecule is CCC(C)COCC(C)CO. The van der Waals surface area contributed by atoms with E-state index in [0.717, 1.165) is 13.0 Å². The van der Waals surface area contributed by atoms with Crippen molar-refractivity contribution in [3.05, 3.63) is 0 Å². The summed E-state index contributed by atoms with van der Waals surface area (Å²) in [6, 6.07) is 0. The van der Waals surface area contributed by atoms with Gasteiger partial charge in [-0.1, -0.05) is 27.2 Å². The molecule has 1 N–H and O–H groups in total. The molecule has 0 aliphatic carbocycles. The highest BCUT2D eigenvalue weighted by Gasteiger charge is 2.01. The van der Waals surface area contributed by atoms with E-state index in [0.29, 0.717) is 12.5 Å². The van der Waals surface area contributed by atoms with Crippen LogP contribution in [0.2, 0.25) is 0 Å². The summed E-state index contributed by atoms with van der Waals surface area (Å²) in [5, 5.41) is 8.68. The molecule has 2 unspecified atom stereocenters. The Hall–Kier alpha value is -0.0800. The number of rotatable bonds is 6. The smallest absolute Gasteiger partial charge is 0.0513 e. The van der Waals surface area contributed by atoms with Crippen molar-refractivity contribution in [3.8, 4) is 0 Å². The van der Waals surface area contributed by atoms with E-state index in [4.69, 9.17) is 9.84 Å². The van der Waals surface area contributed by atoms with Gasteiger partial charge in [-0.2, -0.15) is 0 Å². The Balaban J connectivity index is 3.13. The molecule has 0 saturated carbocycles. The van der Waals surface area contributed by atoms with Gasteiger partial charge in [0.1, 0.15) is 0 Å². The van der Waals surface area contributed by atoms with Crippen LogP contribution in [0.15, 0.2) is 0 Å². The third-order valence-electron chi connectivity index (χ3n) is 1.81. The molecule has 2 nitrogen and oxygen atoms in total. The lowest BCUT2D eigenvalue weighted by atomic mass is 10.1. The van der Waals surface area contributed by atoms with Crippen LogP contribution in [0, 0.1) is 11.8 Å². The summed E-state index contributed by atoms with van der Waals surface area (Å²) in [7, 11) is 0. The van der Waals surface area contributed by atoms with Gasteiger partial charge >= 0.3 is 0 Å². The molecule has 0 amide bonds. The molecule has 2 atom stereocenters. The number of ether oxygens (including phenoxy) is 1. The standard InChI is InChI=1S/C9H20O2/c1-4-8(2)6-11-7-9(3)5-10/h8-10H,4-7H2,1-3H3. The van der Waals surface area contributed by atoms with Crippen LogP contribution < -0.4 is 0 Å². The number of hydrogen-bond acceptors (Lipinski definition) is 2. The minimum absolute atomic E-state index is 0.223. The lowest BCUT2D eigenvalue weighted by Crippen LogP contribution is -2.13. The maximum absolute atomic E-state index is 8.68. The molecule has 0 bridgehead atoms. The summed E-state index contributed by atoms with van der Waals surface area (Å²) >= 11 is 0. The minimum Gasteiger partial charge on any atom is -0.396 e. The Bertz CT molecular complexity index is 73.6. The Morgan fingerprint density at radius 2 is 1.73 bits per heavy atom. The molecule has 0 radical (unpaired) electrons. The highest BCUT2D eigenvalue weighted by Crippen LogP contribution is 2.02. The summed E-state index contributed by atoms with van der Waals surface area (Å²) in [6.45, 7) is 8.03. The third-order valence-corrected chi connectivity index (χ3v) is 1.81. The average molecular weight is 160 g/mol. The van der Waals surface area contributed by atoms with Crippen molar-refractivity contribution in [1.82, 2.24) is 0 Å². The second-order valence-electron chi connectivity index (χ2n) is 3.34. The van der Waals surface area contributed by atoms with E-state index in [1.807, 2.05) is 6.92 Å². The van der Waals surface area contributed by atoms with E-state index in [-0.39, 0.29) is 12.5 Å². The monoisotopic (exact) mass is 160 g/mol. The molecule has 0 spiro atoms. The molecule has 0 fully saturated rings. The van der Waals surface area contributed by atoms with Crippen molar-refractivity contribution in [2.75, 3.05) is 19.8 Å². The lowest BCUT2D eigenvalue weighted by Gasteiger charge is -2.11. The molecule has 68 valence electrons. The molecular weight excluding hydrogens is 140 g/mol. The van der Waals surface area contributed by atoms with Gasteiger partial charge in [-0.05, 0) is 5.92 Å². The molecule has 0 aromatic heterocycles. The van der Waals surface area contributed by atoms with Crippen molar-refractivity contribution in [1.29, 1.82) is 0 Å². The zero-order chi connectivity index (χ0) is 8.69. The molecule has 0 saturated heterocycles. The van der Waals surface area contributed by atoms with E-state index < -0.39 is 0 Å². The second-order valence-corrected chi connectivity index (χ2v) is 3.34. The van der Waals surface area contributed by atoms with Crippen LogP contribution in [0.25, 0.3) is 0 Å². The third kappa shape index (κ3) is 6.32. The molecule has 0 aliphatic rings. The fourth-order valence-corrected chi connectivity index (χ4v) is 0.641. The van der Waals surface area contributed by atoms with Gasteiger partial charge in [0.2, 0.25) is 0 Å². The maximum atomic E-state index is 8.68. The Morgan fingerprint density at radius 1 is 1.18 bits per heavy atom. The molecule has 0 aromatic carbocycles. The molecule has 11 heavy (non-hydrogen) atoms. The molecule has 0 aromatic rings. The number of aliphatic hydroxyl groups is 1. The first-order chi connectivity index (χ1) is 5.20. The van der Waals surface area contributed by atoms with Gasteiger partial charge in [0.25, 0.3) is 0 Å². The molecule has 0 heterocycles. The van der Waals surface area contributed by atoms with Crippen molar-refractivity contribution in [3.63, 3.8) is 0 Å². The van der Waals surface area contributed by atoms with Gasteiger partial charge in [-0.25, -0.2) is 0 Å². The van der Waals surface area contributed by atoms with Crippen molar-refractivity contribution >= 4 is 0 Å². The van der Waals surface area contributed by atoms with Gasteiger partial charge in [-0.15, -0.1) is 0 Å². The molecule has 2 heteroatoms. The predicted molar refractivity (Wildman–Crippen MR) is 46.5 cm³/mol. The summed E-state index contributed by atoms with van der Waals surface area (Å²) in [4.78, 5) is 0. The number of aliphatic hydroxyl groups excluding tert-OH is 1. The largest absolute Gasteiger partial charge is 0.396 e. The fourth-order valence-electron chi connectivity index (χ4n) is 0.641. The van der Waals surface area contributed by atoms with Crippen molar-refractivity contribution in [2.24, 2.45) is 11.8 Å². The zero-order valence-electron chi connectivity index (χ0n) is 7.84. The van der Waals surface area contributed by atoms with E-state index in [1.165, 1.54) is 0 Å².